The molecule has 0 saturated heterocycles. The molecule has 20 heavy (non-hydrogen) atoms. The van der Waals surface area contributed by atoms with Crippen LogP contribution in [0.2, 0.25) is 10.0 Å². The number of rotatable bonds is 3. The molecule has 0 bridgehead atoms. The Bertz CT molecular complexity index is 771. The molecule has 3 aromatic rings. The van der Waals surface area contributed by atoms with Gasteiger partial charge in [0, 0.05) is 21.5 Å². The molecule has 0 atom stereocenters. The van der Waals surface area contributed by atoms with Crippen LogP contribution in [0.5, 0.6) is 0 Å². The third kappa shape index (κ3) is 3.04. The molecule has 3 rings (SSSR count). The van der Waals surface area contributed by atoms with E-state index in [0.29, 0.717) is 10.0 Å². The molecule has 0 aliphatic rings. The average molecular weight is 341 g/mol. The molecule has 0 unspecified atom stereocenters. The van der Waals surface area contributed by atoms with E-state index in [1.54, 1.807) is 29.2 Å². The van der Waals surface area contributed by atoms with E-state index in [1.807, 2.05) is 30.3 Å². The zero-order valence-corrected chi connectivity index (χ0v) is 13.4. The number of nitrogen functional groups attached to an aromatic ring is 1. The summed E-state index contributed by atoms with van der Waals surface area (Å²) in [6.07, 6.45) is 0. The summed E-state index contributed by atoms with van der Waals surface area (Å²) in [6.45, 7) is 0. The Morgan fingerprint density at radius 3 is 2.80 bits per heavy atom. The molecule has 0 aliphatic heterocycles. The zero-order valence-electron chi connectivity index (χ0n) is 10.3. The van der Waals surface area contributed by atoms with Crippen molar-refractivity contribution in [1.82, 2.24) is 4.98 Å². The second-order valence-electron chi connectivity index (χ2n) is 4.23. The van der Waals surface area contributed by atoms with E-state index >= 15 is 0 Å². The molecule has 102 valence electrons. The largest absolute Gasteiger partial charge is 0.399 e. The Hall–Kier alpha value is -0.940. The lowest BCUT2D eigenvalue weighted by molar-refractivity contribution is 1.29. The number of nitrogens with two attached hydrogens (primary N) is 1. The monoisotopic (exact) mass is 340 g/mol. The Balaban J connectivity index is 1.79. The van der Waals surface area contributed by atoms with Gasteiger partial charge < -0.3 is 5.73 Å². The molecule has 0 amide bonds. The maximum absolute atomic E-state index is 6.16. The number of anilines is 1. The van der Waals surface area contributed by atoms with Crippen molar-refractivity contribution in [2.45, 2.75) is 10.1 Å². The lowest BCUT2D eigenvalue weighted by Crippen LogP contribution is -1.82. The summed E-state index contributed by atoms with van der Waals surface area (Å²) in [5, 5.41) is 1.34. The van der Waals surface area contributed by atoms with Gasteiger partial charge >= 0.3 is 0 Å². The summed E-state index contributed by atoms with van der Waals surface area (Å²) in [4.78, 5) is 4.57. The Morgan fingerprint density at radius 1 is 1.15 bits per heavy atom. The minimum atomic E-state index is 0.652. The van der Waals surface area contributed by atoms with Crippen molar-refractivity contribution >= 4 is 62.2 Å². The summed E-state index contributed by atoms with van der Waals surface area (Å²) in [5.74, 6) is 0.769. The van der Waals surface area contributed by atoms with Crippen LogP contribution in [0.25, 0.3) is 10.2 Å². The fourth-order valence-corrected chi connectivity index (χ4v) is 4.44. The van der Waals surface area contributed by atoms with Gasteiger partial charge in [0.25, 0.3) is 0 Å². The van der Waals surface area contributed by atoms with Crippen molar-refractivity contribution in [3.63, 3.8) is 0 Å². The average Bonchev–Trinajstić information content (AvgIpc) is 2.79. The van der Waals surface area contributed by atoms with E-state index in [0.717, 1.165) is 31.6 Å². The van der Waals surface area contributed by atoms with E-state index in [2.05, 4.69) is 4.98 Å². The number of thiazole rings is 1. The lowest BCUT2D eigenvalue weighted by atomic mass is 10.2. The third-order valence-electron chi connectivity index (χ3n) is 2.76. The van der Waals surface area contributed by atoms with Gasteiger partial charge in [-0.25, -0.2) is 4.98 Å². The first-order chi connectivity index (χ1) is 9.61. The molecule has 0 fully saturated rings. The lowest BCUT2D eigenvalue weighted by Gasteiger charge is -2.02. The molecule has 0 saturated carbocycles. The standard InChI is InChI=1S/C14H10Cl2N2S2/c15-9-2-1-8(11(16)5-9)7-19-14-18-12-4-3-10(17)6-13(12)20-14/h1-6H,7,17H2. The summed E-state index contributed by atoms with van der Waals surface area (Å²) in [7, 11) is 0. The van der Waals surface area contributed by atoms with E-state index in [4.69, 9.17) is 28.9 Å². The Morgan fingerprint density at radius 2 is 2.00 bits per heavy atom. The molecule has 1 heterocycles. The maximum Gasteiger partial charge on any atom is 0.151 e. The van der Waals surface area contributed by atoms with Gasteiger partial charge in [-0.05, 0) is 35.9 Å². The Kier molecular flexibility index (Phi) is 4.08. The van der Waals surface area contributed by atoms with Crippen molar-refractivity contribution in [3.05, 3.63) is 52.0 Å². The molecule has 2 nitrogen and oxygen atoms in total. The van der Waals surface area contributed by atoms with Crippen LogP contribution >= 0.6 is 46.3 Å². The highest BCUT2D eigenvalue weighted by Gasteiger charge is 2.07. The van der Waals surface area contributed by atoms with Crippen molar-refractivity contribution < 1.29 is 0 Å². The van der Waals surface area contributed by atoms with Gasteiger partial charge in [0.15, 0.2) is 4.34 Å². The second kappa shape index (κ2) is 5.82. The number of benzene rings is 2. The van der Waals surface area contributed by atoms with Gasteiger partial charge in [-0.3, -0.25) is 0 Å². The van der Waals surface area contributed by atoms with Gasteiger partial charge in [-0.1, -0.05) is 41.0 Å². The first-order valence-corrected chi connectivity index (χ1v) is 8.40. The van der Waals surface area contributed by atoms with E-state index in [9.17, 15) is 0 Å². The van der Waals surface area contributed by atoms with Crippen LogP contribution in [0.1, 0.15) is 5.56 Å². The molecule has 0 aliphatic carbocycles. The van der Waals surface area contributed by atoms with E-state index in [1.165, 1.54) is 0 Å². The van der Waals surface area contributed by atoms with Crippen LogP contribution < -0.4 is 5.73 Å². The molecule has 0 radical (unpaired) electrons. The van der Waals surface area contributed by atoms with E-state index in [-0.39, 0.29) is 0 Å². The maximum atomic E-state index is 6.16. The second-order valence-corrected chi connectivity index (χ2v) is 7.33. The van der Waals surface area contributed by atoms with Crippen LogP contribution in [0.3, 0.4) is 0 Å². The fraction of sp³-hybridized carbons (Fsp3) is 0.0714. The van der Waals surface area contributed by atoms with Crippen LogP contribution in [0, 0.1) is 0 Å². The molecular weight excluding hydrogens is 331 g/mol. The molecule has 0 spiro atoms. The van der Waals surface area contributed by atoms with Gasteiger partial charge in [-0.2, -0.15) is 0 Å². The van der Waals surface area contributed by atoms with Gasteiger partial charge in [0.1, 0.15) is 0 Å². The first kappa shape index (κ1) is 14.0. The highest BCUT2D eigenvalue weighted by molar-refractivity contribution is 8.00. The fourth-order valence-electron chi connectivity index (χ4n) is 1.76. The van der Waals surface area contributed by atoms with Crippen molar-refractivity contribution in [2.75, 3.05) is 5.73 Å². The van der Waals surface area contributed by atoms with Crippen LogP contribution in [0.15, 0.2) is 40.7 Å². The highest BCUT2D eigenvalue weighted by Crippen LogP contribution is 2.34. The molecule has 2 N–H and O–H groups in total. The zero-order chi connectivity index (χ0) is 14.1. The number of halogens is 2. The molecule has 1 aromatic heterocycles. The quantitative estimate of drug-likeness (QED) is 0.507. The predicted octanol–water partition coefficient (Wildman–Crippen LogP) is 5.48. The number of hydrogen-bond donors (Lipinski definition) is 1. The van der Waals surface area contributed by atoms with Crippen LogP contribution in [-0.4, -0.2) is 4.98 Å². The normalized spacial score (nSPS) is 11.1. The highest BCUT2D eigenvalue weighted by atomic mass is 35.5. The minimum Gasteiger partial charge on any atom is -0.399 e. The summed E-state index contributed by atoms with van der Waals surface area (Å²) < 4.78 is 2.12. The van der Waals surface area contributed by atoms with Gasteiger partial charge in [0.05, 0.1) is 10.2 Å². The minimum absolute atomic E-state index is 0.652. The summed E-state index contributed by atoms with van der Waals surface area (Å²) in [5.41, 5.74) is 8.57. The number of nitrogens with zero attached hydrogens (tertiary/aromatic N) is 1. The topological polar surface area (TPSA) is 38.9 Å². The third-order valence-corrected chi connectivity index (χ3v) is 5.56. The predicted molar refractivity (Wildman–Crippen MR) is 90.1 cm³/mol. The molecule has 6 heteroatoms. The number of hydrogen-bond acceptors (Lipinski definition) is 4. The van der Waals surface area contributed by atoms with E-state index < -0.39 is 0 Å². The van der Waals surface area contributed by atoms with Gasteiger partial charge in [0.2, 0.25) is 0 Å². The van der Waals surface area contributed by atoms with Crippen LogP contribution in [-0.2, 0) is 5.75 Å². The number of aromatic nitrogens is 1. The van der Waals surface area contributed by atoms with Crippen LogP contribution in [0.4, 0.5) is 5.69 Å². The summed E-state index contributed by atoms with van der Waals surface area (Å²) >= 11 is 15.4. The summed E-state index contributed by atoms with van der Waals surface area (Å²) in [6, 6.07) is 11.3. The van der Waals surface area contributed by atoms with Crippen molar-refractivity contribution in [3.8, 4) is 0 Å². The molecule has 2 aromatic carbocycles. The Labute approximate surface area is 134 Å². The first-order valence-electron chi connectivity index (χ1n) is 5.84. The number of fused-ring (bicyclic) bond motifs is 1. The van der Waals surface area contributed by atoms with Crippen molar-refractivity contribution in [1.29, 1.82) is 0 Å². The number of thioether (sulfide) groups is 1. The van der Waals surface area contributed by atoms with Gasteiger partial charge in [-0.15, -0.1) is 11.3 Å². The molecular formula is C14H10Cl2N2S2. The smallest absolute Gasteiger partial charge is 0.151 e. The SMILES string of the molecule is Nc1ccc2nc(SCc3ccc(Cl)cc3Cl)sc2c1. The van der Waals surface area contributed by atoms with Crippen molar-refractivity contribution in [2.24, 2.45) is 0 Å².